The average molecular weight is 164 g/mol. The highest BCUT2D eigenvalue weighted by molar-refractivity contribution is 5.21. The quantitative estimate of drug-likeness (QED) is 0.539. The number of hydrogen-bond acceptors (Lipinski definition) is 2. The Morgan fingerprint density at radius 2 is 2.00 bits per heavy atom. The summed E-state index contributed by atoms with van der Waals surface area (Å²) in [5, 5.41) is 0. The van der Waals surface area contributed by atoms with Crippen LogP contribution in [0.3, 0.4) is 0 Å². The standard InChI is InChI=1S/C10H12O2/c1-5-10(6-2)11-7-9(12-10)8(3)4/h1-2,8-9H,7H2,3-4H3. The Labute approximate surface area is 73.2 Å². The molecule has 0 aromatic carbocycles. The van der Waals surface area contributed by atoms with Crippen LogP contribution in [0.25, 0.3) is 0 Å². The van der Waals surface area contributed by atoms with Gasteiger partial charge in [-0.05, 0) is 17.8 Å². The van der Waals surface area contributed by atoms with Crippen LogP contribution in [-0.4, -0.2) is 18.5 Å². The Bertz CT molecular complexity index is 228. The maximum Gasteiger partial charge on any atom is 0.300 e. The number of terminal acetylenes is 2. The highest BCUT2D eigenvalue weighted by Crippen LogP contribution is 2.26. The average Bonchev–Trinajstić information content (AvgIpc) is 2.49. The van der Waals surface area contributed by atoms with E-state index in [1.165, 1.54) is 0 Å². The molecule has 1 heterocycles. The fourth-order valence-corrected chi connectivity index (χ4v) is 1.00. The molecule has 0 spiro atoms. The van der Waals surface area contributed by atoms with E-state index in [9.17, 15) is 0 Å². The summed E-state index contributed by atoms with van der Waals surface area (Å²) in [6.07, 6.45) is 10.4. The van der Waals surface area contributed by atoms with Crippen molar-refractivity contribution < 1.29 is 9.47 Å². The van der Waals surface area contributed by atoms with Crippen LogP contribution >= 0.6 is 0 Å². The van der Waals surface area contributed by atoms with E-state index in [4.69, 9.17) is 22.3 Å². The van der Waals surface area contributed by atoms with Gasteiger partial charge in [-0.15, -0.1) is 12.8 Å². The molecule has 0 radical (unpaired) electrons. The van der Waals surface area contributed by atoms with Gasteiger partial charge in [0.05, 0.1) is 12.7 Å². The molecule has 1 atom stereocenters. The molecule has 2 nitrogen and oxygen atoms in total. The molecule has 1 unspecified atom stereocenters. The lowest BCUT2D eigenvalue weighted by Gasteiger charge is -2.16. The predicted molar refractivity (Wildman–Crippen MR) is 46.1 cm³/mol. The Morgan fingerprint density at radius 3 is 2.25 bits per heavy atom. The second kappa shape index (κ2) is 3.19. The zero-order valence-corrected chi connectivity index (χ0v) is 7.33. The van der Waals surface area contributed by atoms with E-state index in [-0.39, 0.29) is 6.10 Å². The lowest BCUT2D eigenvalue weighted by Crippen LogP contribution is -2.27. The smallest absolute Gasteiger partial charge is 0.300 e. The van der Waals surface area contributed by atoms with Crippen LogP contribution in [-0.2, 0) is 9.47 Å². The van der Waals surface area contributed by atoms with Crippen LogP contribution in [0.15, 0.2) is 0 Å². The van der Waals surface area contributed by atoms with Crippen LogP contribution in [0.5, 0.6) is 0 Å². The van der Waals surface area contributed by atoms with Gasteiger partial charge in [0.15, 0.2) is 0 Å². The van der Waals surface area contributed by atoms with Crippen molar-refractivity contribution in [2.75, 3.05) is 6.61 Å². The molecular weight excluding hydrogens is 152 g/mol. The van der Waals surface area contributed by atoms with Gasteiger partial charge < -0.3 is 9.47 Å². The topological polar surface area (TPSA) is 18.5 Å². The first-order valence-electron chi connectivity index (χ1n) is 3.91. The lowest BCUT2D eigenvalue weighted by atomic mass is 10.1. The van der Waals surface area contributed by atoms with Crippen molar-refractivity contribution in [1.82, 2.24) is 0 Å². The zero-order valence-electron chi connectivity index (χ0n) is 7.33. The van der Waals surface area contributed by atoms with E-state index < -0.39 is 5.79 Å². The minimum atomic E-state index is -1.21. The second-order valence-electron chi connectivity index (χ2n) is 3.12. The molecule has 12 heavy (non-hydrogen) atoms. The molecule has 0 saturated carbocycles. The summed E-state index contributed by atoms with van der Waals surface area (Å²) in [4.78, 5) is 0. The van der Waals surface area contributed by atoms with Crippen molar-refractivity contribution in [2.24, 2.45) is 5.92 Å². The number of hydrogen-bond donors (Lipinski definition) is 0. The monoisotopic (exact) mass is 164 g/mol. The van der Waals surface area contributed by atoms with Gasteiger partial charge in [-0.2, -0.15) is 0 Å². The van der Waals surface area contributed by atoms with Crippen molar-refractivity contribution in [2.45, 2.75) is 25.7 Å². The molecule has 1 saturated heterocycles. The van der Waals surface area contributed by atoms with Gasteiger partial charge in [0.25, 0.3) is 0 Å². The van der Waals surface area contributed by atoms with E-state index in [1.54, 1.807) is 0 Å². The summed E-state index contributed by atoms with van der Waals surface area (Å²) in [6.45, 7) is 4.56. The fraction of sp³-hybridized carbons (Fsp3) is 0.600. The van der Waals surface area contributed by atoms with Gasteiger partial charge in [0.1, 0.15) is 0 Å². The molecule has 0 amide bonds. The van der Waals surface area contributed by atoms with Crippen molar-refractivity contribution >= 4 is 0 Å². The summed E-state index contributed by atoms with van der Waals surface area (Å²) < 4.78 is 10.6. The van der Waals surface area contributed by atoms with Gasteiger partial charge in [-0.3, -0.25) is 0 Å². The Hall–Kier alpha value is -0.960. The highest BCUT2D eigenvalue weighted by atomic mass is 16.7. The molecule has 0 aromatic heterocycles. The third kappa shape index (κ3) is 1.46. The molecule has 64 valence electrons. The van der Waals surface area contributed by atoms with Gasteiger partial charge >= 0.3 is 5.79 Å². The molecule has 1 aliphatic rings. The molecule has 1 rings (SSSR count). The minimum absolute atomic E-state index is 0.0112. The molecule has 0 bridgehead atoms. The molecule has 0 N–H and O–H groups in total. The maximum absolute atomic E-state index is 5.41. The molecule has 2 heteroatoms. The van der Waals surface area contributed by atoms with Crippen molar-refractivity contribution in [3.63, 3.8) is 0 Å². The van der Waals surface area contributed by atoms with Gasteiger partial charge in [-0.25, -0.2) is 0 Å². The third-order valence-electron chi connectivity index (χ3n) is 1.89. The Morgan fingerprint density at radius 1 is 1.42 bits per heavy atom. The third-order valence-corrected chi connectivity index (χ3v) is 1.89. The molecule has 0 aliphatic carbocycles. The Kier molecular flexibility index (Phi) is 2.43. The normalized spacial score (nSPS) is 26.6. The maximum atomic E-state index is 5.41. The van der Waals surface area contributed by atoms with E-state index in [2.05, 4.69) is 11.8 Å². The van der Waals surface area contributed by atoms with E-state index in [0.29, 0.717) is 12.5 Å². The van der Waals surface area contributed by atoms with Gasteiger partial charge in [0, 0.05) is 0 Å². The van der Waals surface area contributed by atoms with Crippen molar-refractivity contribution in [3.05, 3.63) is 0 Å². The fourth-order valence-electron chi connectivity index (χ4n) is 1.00. The summed E-state index contributed by atoms with van der Waals surface area (Å²) in [7, 11) is 0. The van der Waals surface area contributed by atoms with Gasteiger partial charge in [0.2, 0.25) is 0 Å². The first-order valence-corrected chi connectivity index (χ1v) is 3.91. The van der Waals surface area contributed by atoms with Crippen LogP contribution in [0.1, 0.15) is 13.8 Å². The van der Waals surface area contributed by atoms with E-state index in [1.807, 2.05) is 13.8 Å². The summed E-state index contributed by atoms with van der Waals surface area (Å²) >= 11 is 0. The van der Waals surface area contributed by atoms with Crippen LogP contribution in [0.4, 0.5) is 0 Å². The summed E-state index contributed by atoms with van der Waals surface area (Å²) in [6, 6.07) is 0. The summed E-state index contributed by atoms with van der Waals surface area (Å²) in [5.41, 5.74) is 0. The molecular formula is C10H12O2. The zero-order chi connectivity index (χ0) is 9.19. The number of ether oxygens (including phenoxy) is 2. The Balaban J connectivity index is 2.69. The van der Waals surface area contributed by atoms with E-state index >= 15 is 0 Å². The van der Waals surface area contributed by atoms with Gasteiger partial charge in [-0.1, -0.05) is 13.8 Å². The van der Waals surface area contributed by atoms with E-state index in [0.717, 1.165) is 0 Å². The van der Waals surface area contributed by atoms with Crippen molar-refractivity contribution in [3.8, 4) is 24.7 Å². The second-order valence-corrected chi connectivity index (χ2v) is 3.12. The molecule has 1 aliphatic heterocycles. The number of rotatable bonds is 1. The van der Waals surface area contributed by atoms with Crippen LogP contribution < -0.4 is 0 Å². The van der Waals surface area contributed by atoms with Crippen molar-refractivity contribution in [1.29, 1.82) is 0 Å². The van der Waals surface area contributed by atoms with Crippen LogP contribution in [0, 0.1) is 30.6 Å². The van der Waals surface area contributed by atoms with Crippen LogP contribution in [0.2, 0.25) is 0 Å². The predicted octanol–water partition coefficient (Wildman–Crippen LogP) is 1.02. The largest absolute Gasteiger partial charge is 0.327 e. The lowest BCUT2D eigenvalue weighted by molar-refractivity contribution is -0.0789. The minimum Gasteiger partial charge on any atom is -0.327 e. The summed E-state index contributed by atoms with van der Waals surface area (Å²) in [5.74, 6) is 3.82. The SMILES string of the molecule is C#CC1(C#C)OCC(C(C)C)O1. The molecule has 0 aromatic rings. The molecule has 1 fully saturated rings. The first-order chi connectivity index (χ1) is 5.63. The highest BCUT2D eigenvalue weighted by Gasteiger charge is 2.39. The first kappa shape index (κ1) is 9.13.